The van der Waals surface area contributed by atoms with Gasteiger partial charge in [0.15, 0.2) is 0 Å². The molecule has 7 nitrogen and oxygen atoms in total. The third-order valence-electron chi connectivity index (χ3n) is 2.80. The molecule has 0 bridgehead atoms. The maximum atomic E-state index is 11.6. The van der Waals surface area contributed by atoms with Gasteiger partial charge in [-0.2, -0.15) is 5.10 Å². The number of nitrogens with one attached hydrogen (secondary N) is 1. The first-order chi connectivity index (χ1) is 8.70. The van der Waals surface area contributed by atoms with E-state index < -0.39 is 5.97 Å². The molecule has 1 aliphatic rings. The number of anilines is 1. The maximum absolute atomic E-state index is 11.6. The lowest BCUT2D eigenvalue weighted by atomic mass is 10.3. The van der Waals surface area contributed by atoms with E-state index in [1.54, 1.807) is 6.07 Å². The van der Waals surface area contributed by atoms with Crippen molar-refractivity contribution in [3.63, 3.8) is 0 Å². The molecular weight excluding hydrogens is 236 g/mol. The van der Waals surface area contributed by atoms with Crippen molar-refractivity contribution in [3.8, 4) is 0 Å². The van der Waals surface area contributed by atoms with Crippen LogP contribution < -0.4 is 15.8 Å². The van der Waals surface area contributed by atoms with Crippen molar-refractivity contribution < 1.29 is 9.53 Å². The van der Waals surface area contributed by atoms with Gasteiger partial charge in [0, 0.05) is 32.2 Å². The van der Waals surface area contributed by atoms with Crippen LogP contribution in [0.2, 0.25) is 0 Å². The van der Waals surface area contributed by atoms with Crippen molar-refractivity contribution >= 4 is 11.8 Å². The molecule has 0 aliphatic carbocycles. The molecule has 0 saturated carbocycles. The average Bonchev–Trinajstić information content (AvgIpc) is 2.42. The minimum atomic E-state index is -0.484. The molecule has 0 radical (unpaired) electrons. The molecule has 1 fully saturated rings. The predicted octanol–water partition coefficient (Wildman–Crippen LogP) is -1.17. The van der Waals surface area contributed by atoms with Crippen LogP contribution in [-0.2, 0) is 16.1 Å². The maximum Gasteiger partial charge on any atom is 0.327 e. The van der Waals surface area contributed by atoms with Gasteiger partial charge in [-0.15, -0.1) is 0 Å². The van der Waals surface area contributed by atoms with E-state index in [1.165, 1.54) is 13.2 Å². The van der Waals surface area contributed by atoms with Gasteiger partial charge in [-0.25, -0.2) is 4.68 Å². The number of ether oxygens (including phenoxy) is 1. The number of nitrogens with zero attached hydrogens (tertiary/aromatic N) is 3. The summed E-state index contributed by atoms with van der Waals surface area (Å²) in [5.74, 6) is 0.224. The van der Waals surface area contributed by atoms with E-state index in [-0.39, 0.29) is 12.1 Å². The van der Waals surface area contributed by atoms with Gasteiger partial charge in [0.2, 0.25) is 0 Å². The molecule has 0 aromatic carbocycles. The van der Waals surface area contributed by atoms with Gasteiger partial charge >= 0.3 is 5.97 Å². The lowest BCUT2D eigenvalue weighted by molar-refractivity contribution is -0.141. The number of esters is 1. The average molecular weight is 252 g/mol. The first-order valence-electron chi connectivity index (χ1n) is 5.81. The van der Waals surface area contributed by atoms with E-state index >= 15 is 0 Å². The topological polar surface area (TPSA) is 76.5 Å². The number of methoxy groups -OCH3 is 1. The summed E-state index contributed by atoms with van der Waals surface area (Å²) in [6.45, 7) is 3.29. The number of rotatable bonds is 3. The Kier molecular flexibility index (Phi) is 3.93. The zero-order chi connectivity index (χ0) is 13.0. The van der Waals surface area contributed by atoms with Gasteiger partial charge < -0.3 is 15.0 Å². The zero-order valence-electron chi connectivity index (χ0n) is 10.3. The number of aromatic nitrogens is 2. The first-order valence-corrected chi connectivity index (χ1v) is 5.81. The highest BCUT2D eigenvalue weighted by Gasteiger charge is 2.13. The first kappa shape index (κ1) is 12.6. The fraction of sp³-hybridized carbons (Fsp3) is 0.545. The summed E-state index contributed by atoms with van der Waals surface area (Å²) in [5, 5.41) is 7.43. The second-order valence-corrected chi connectivity index (χ2v) is 4.00. The molecule has 1 aromatic heterocycles. The number of hydrogen-bond acceptors (Lipinski definition) is 6. The van der Waals surface area contributed by atoms with Crippen LogP contribution >= 0.6 is 0 Å². The summed E-state index contributed by atoms with van der Waals surface area (Å²) in [6, 6.07) is 3.11. The molecule has 2 rings (SSSR count). The van der Waals surface area contributed by atoms with Crippen molar-refractivity contribution in [3.05, 3.63) is 22.5 Å². The zero-order valence-corrected chi connectivity index (χ0v) is 10.3. The van der Waals surface area contributed by atoms with E-state index in [0.717, 1.165) is 30.9 Å². The van der Waals surface area contributed by atoms with Gasteiger partial charge in [-0.05, 0) is 6.07 Å². The third-order valence-corrected chi connectivity index (χ3v) is 2.80. The Morgan fingerprint density at radius 3 is 2.83 bits per heavy atom. The molecule has 1 aromatic rings. The van der Waals surface area contributed by atoms with Crippen molar-refractivity contribution in [2.75, 3.05) is 38.2 Å². The molecule has 1 N–H and O–H groups in total. The molecule has 1 aliphatic heterocycles. The summed E-state index contributed by atoms with van der Waals surface area (Å²) in [5.41, 5.74) is -0.306. The molecule has 0 spiro atoms. The van der Waals surface area contributed by atoms with Crippen LogP contribution in [-0.4, -0.2) is 49.0 Å². The summed E-state index contributed by atoms with van der Waals surface area (Å²) in [7, 11) is 1.29. The quantitative estimate of drug-likeness (QED) is 0.683. The Hall–Kier alpha value is -1.89. The minimum Gasteiger partial charge on any atom is -0.468 e. The van der Waals surface area contributed by atoms with Gasteiger partial charge in [-0.1, -0.05) is 0 Å². The van der Waals surface area contributed by atoms with Crippen molar-refractivity contribution in [2.24, 2.45) is 0 Å². The largest absolute Gasteiger partial charge is 0.468 e. The molecular formula is C11H16N4O3. The number of piperazine rings is 1. The monoisotopic (exact) mass is 252 g/mol. The SMILES string of the molecule is COC(=O)Cn1nc(N2CCNCC2)ccc1=O. The highest BCUT2D eigenvalue weighted by atomic mass is 16.5. The standard InChI is InChI=1S/C11H16N4O3/c1-18-11(17)8-15-10(16)3-2-9(13-15)14-6-4-12-5-7-14/h2-3,12H,4-8H2,1H3. The van der Waals surface area contributed by atoms with Crippen molar-refractivity contribution in [1.29, 1.82) is 0 Å². The molecule has 1 saturated heterocycles. The highest BCUT2D eigenvalue weighted by molar-refractivity contribution is 5.68. The lowest BCUT2D eigenvalue weighted by Crippen LogP contribution is -2.44. The van der Waals surface area contributed by atoms with Crippen LogP contribution in [0.3, 0.4) is 0 Å². The second-order valence-electron chi connectivity index (χ2n) is 4.00. The molecule has 18 heavy (non-hydrogen) atoms. The summed E-state index contributed by atoms with van der Waals surface area (Å²) in [6.07, 6.45) is 0. The Labute approximate surface area is 104 Å². The van der Waals surface area contributed by atoms with Crippen LogP contribution in [0.25, 0.3) is 0 Å². The molecule has 0 unspecified atom stereocenters. The third kappa shape index (κ3) is 2.86. The Balaban J connectivity index is 2.19. The van der Waals surface area contributed by atoms with Crippen LogP contribution in [0.1, 0.15) is 0 Å². The van der Waals surface area contributed by atoms with Crippen LogP contribution in [0.15, 0.2) is 16.9 Å². The molecule has 0 atom stereocenters. The van der Waals surface area contributed by atoms with E-state index in [2.05, 4.69) is 20.1 Å². The molecule has 7 heteroatoms. The predicted molar refractivity (Wildman–Crippen MR) is 65.6 cm³/mol. The van der Waals surface area contributed by atoms with Crippen molar-refractivity contribution in [2.45, 2.75) is 6.54 Å². The lowest BCUT2D eigenvalue weighted by Gasteiger charge is -2.28. The van der Waals surface area contributed by atoms with Crippen LogP contribution in [0, 0.1) is 0 Å². The number of carbonyl (C=O) groups excluding carboxylic acids is 1. The summed E-state index contributed by atoms with van der Waals surface area (Å²) in [4.78, 5) is 24.8. The number of carbonyl (C=O) groups is 1. The van der Waals surface area contributed by atoms with Gasteiger partial charge in [-0.3, -0.25) is 9.59 Å². The van der Waals surface area contributed by atoms with Crippen LogP contribution in [0.4, 0.5) is 5.82 Å². The second kappa shape index (κ2) is 5.63. The van der Waals surface area contributed by atoms with E-state index in [9.17, 15) is 9.59 Å². The summed E-state index contributed by atoms with van der Waals surface area (Å²) >= 11 is 0. The number of hydrogen-bond donors (Lipinski definition) is 1. The highest BCUT2D eigenvalue weighted by Crippen LogP contribution is 2.08. The Morgan fingerprint density at radius 1 is 1.44 bits per heavy atom. The minimum absolute atomic E-state index is 0.157. The van der Waals surface area contributed by atoms with E-state index in [4.69, 9.17) is 0 Å². The van der Waals surface area contributed by atoms with Gasteiger partial charge in [0.25, 0.3) is 5.56 Å². The van der Waals surface area contributed by atoms with E-state index in [0.29, 0.717) is 5.82 Å². The Bertz CT molecular complexity index is 479. The normalized spacial score (nSPS) is 15.5. The van der Waals surface area contributed by atoms with Gasteiger partial charge in [0.1, 0.15) is 12.4 Å². The van der Waals surface area contributed by atoms with E-state index in [1.807, 2.05) is 0 Å². The summed E-state index contributed by atoms with van der Waals surface area (Å²) < 4.78 is 5.66. The molecule has 2 heterocycles. The van der Waals surface area contributed by atoms with Gasteiger partial charge in [0.05, 0.1) is 7.11 Å². The Morgan fingerprint density at radius 2 is 2.17 bits per heavy atom. The molecule has 98 valence electrons. The smallest absolute Gasteiger partial charge is 0.327 e. The van der Waals surface area contributed by atoms with Crippen molar-refractivity contribution in [1.82, 2.24) is 15.1 Å². The molecule has 0 amide bonds. The fourth-order valence-electron chi connectivity index (χ4n) is 1.80. The fourth-order valence-corrected chi connectivity index (χ4v) is 1.80. The van der Waals surface area contributed by atoms with Crippen LogP contribution in [0.5, 0.6) is 0 Å².